The molecule has 0 aliphatic rings. The van der Waals surface area contributed by atoms with Crippen LogP contribution in [0.4, 0.5) is 5.13 Å². The molecule has 17 heavy (non-hydrogen) atoms. The predicted octanol–water partition coefficient (Wildman–Crippen LogP) is 3.23. The standard InChI is InChI=1S/C12H20N2O2S/c1-4-6-7-8-13-12-14-10(9(3)17-12)11(15)16-5-2/h4-8H2,1-3H3,(H,13,14). The molecule has 1 aromatic rings. The number of rotatable bonds is 7. The van der Waals surface area contributed by atoms with Crippen LogP contribution >= 0.6 is 11.3 Å². The Balaban J connectivity index is 2.52. The molecule has 0 spiro atoms. The molecule has 0 aliphatic heterocycles. The fraction of sp³-hybridized carbons (Fsp3) is 0.667. The summed E-state index contributed by atoms with van der Waals surface area (Å²) >= 11 is 1.50. The van der Waals surface area contributed by atoms with Gasteiger partial charge in [-0.3, -0.25) is 0 Å². The van der Waals surface area contributed by atoms with Crippen molar-refractivity contribution in [2.24, 2.45) is 0 Å². The van der Waals surface area contributed by atoms with E-state index in [0.717, 1.165) is 23.0 Å². The van der Waals surface area contributed by atoms with E-state index in [-0.39, 0.29) is 5.97 Å². The first kappa shape index (κ1) is 14.0. The Kier molecular flexibility index (Phi) is 5.97. The molecule has 1 rings (SSSR count). The summed E-state index contributed by atoms with van der Waals surface area (Å²) in [6.07, 6.45) is 3.54. The maximum absolute atomic E-state index is 11.5. The molecule has 0 bridgehead atoms. The molecule has 0 saturated heterocycles. The molecule has 0 aliphatic carbocycles. The van der Waals surface area contributed by atoms with Crippen LogP contribution in [0.2, 0.25) is 0 Å². The van der Waals surface area contributed by atoms with Gasteiger partial charge >= 0.3 is 5.97 Å². The number of hydrogen-bond donors (Lipinski definition) is 1. The van der Waals surface area contributed by atoms with Gasteiger partial charge in [-0.05, 0) is 20.3 Å². The van der Waals surface area contributed by atoms with Gasteiger partial charge in [0.15, 0.2) is 10.8 Å². The maximum Gasteiger partial charge on any atom is 0.358 e. The highest BCUT2D eigenvalue weighted by molar-refractivity contribution is 7.15. The van der Waals surface area contributed by atoms with Gasteiger partial charge in [-0.25, -0.2) is 9.78 Å². The molecule has 1 heterocycles. The third kappa shape index (κ3) is 4.34. The van der Waals surface area contributed by atoms with E-state index in [1.54, 1.807) is 6.92 Å². The minimum atomic E-state index is -0.331. The molecule has 0 aromatic carbocycles. The third-order valence-electron chi connectivity index (χ3n) is 2.32. The number of carbonyl (C=O) groups excluding carboxylic acids is 1. The second-order valence-electron chi connectivity index (χ2n) is 3.78. The summed E-state index contributed by atoms with van der Waals surface area (Å²) in [5, 5.41) is 4.04. The van der Waals surface area contributed by atoms with Gasteiger partial charge < -0.3 is 10.1 Å². The normalized spacial score (nSPS) is 10.3. The molecular weight excluding hydrogens is 236 g/mol. The number of aryl methyl sites for hydroxylation is 1. The van der Waals surface area contributed by atoms with Crippen molar-refractivity contribution < 1.29 is 9.53 Å². The first-order valence-electron chi connectivity index (χ1n) is 6.07. The van der Waals surface area contributed by atoms with Gasteiger partial charge in [0.25, 0.3) is 0 Å². The lowest BCUT2D eigenvalue weighted by atomic mass is 10.2. The van der Waals surface area contributed by atoms with Gasteiger partial charge in [0, 0.05) is 11.4 Å². The van der Waals surface area contributed by atoms with Gasteiger partial charge in [-0.1, -0.05) is 19.8 Å². The average molecular weight is 256 g/mol. The van der Waals surface area contributed by atoms with Crippen LogP contribution in [0.3, 0.4) is 0 Å². The van der Waals surface area contributed by atoms with E-state index in [0.29, 0.717) is 12.3 Å². The second kappa shape index (κ2) is 7.27. The number of ether oxygens (including phenoxy) is 1. The SMILES string of the molecule is CCCCCNc1nc(C(=O)OCC)c(C)s1. The molecule has 1 aromatic heterocycles. The molecule has 0 fully saturated rings. The molecule has 1 N–H and O–H groups in total. The molecule has 0 saturated carbocycles. The molecule has 0 radical (unpaired) electrons. The first-order chi connectivity index (χ1) is 8.19. The average Bonchev–Trinajstić information content (AvgIpc) is 2.66. The smallest absolute Gasteiger partial charge is 0.358 e. The largest absolute Gasteiger partial charge is 0.461 e. The Hall–Kier alpha value is -1.10. The topological polar surface area (TPSA) is 51.2 Å². The van der Waals surface area contributed by atoms with Gasteiger partial charge in [0.05, 0.1) is 6.61 Å². The summed E-state index contributed by atoms with van der Waals surface area (Å²) in [6, 6.07) is 0. The van der Waals surface area contributed by atoms with Crippen LogP contribution in [0, 0.1) is 6.92 Å². The quantitative estimate of drug-likeness (QED) is 0.601. The number of carbonyl (C=O) groups is 1. The van der Waals surface area contributed by atoms with Crippen molar-refractivity contribution in [3.63, 3.8) is 0 Å². The number of hydrogen-bond acceptors (Lipinski definition) is 5. The van der Waals surface area contributed by atoms with Crippen molar-refractivity contribution in [1.29, 1.82) is 0 Å². The van der Waals surface area contributed by atoms with E-state index in [1.807, 2.05) is 6.92 Å². The van der Waals surface area contributed by atoms with Crippen molar-refractivity contribution in [3.05, 3.63) is 10.6 Å². The Morgan fingerprint density at radius 2 is 2.18 bits per heavy atom. The number of nitrogens with one attached hydrogen (secondary N) is 1. The molecule has 4 nitrogen and oxygen atoms in total. The molecule has 0 amide bonds. The van der Waals surface area contributed by atoms with Gasteiger partial charge in [-0.2, -0.15) is 0 Å². The van der Waals surface area contributed by atoms with Gasteiger partial charge in [-0.15, -0.1) is 11.3 Å². The third-order valence-corrected chi connectivity index (χ3v) is 3.25. The van der Waals surface area contributed by atoms with E-state index >= 15 is 0 Å². The fourth-order valence-electron chi connectivity index (χ4n) is 1.43. The number of unbranched alkanes of at least 4 members (excludes halogenated alkanes) is 2. The highest BCUT2D eigenvalue weighted by Crippen LogP contribution is 2.22. The van der Waals surface area contributed by atoms with E-state index < -0.39 is 0 Å². The lowest BCUT2D eigenvalue weighted by Crippen LogP contribution is -2.07. The monoisotopic (exact) mass is 256 g/mol. The van der Waals surface area contributed by atoms with Gasteiger partial charge in [0.1, 0.15) is 0 Å². The first-order valence-corrected chi connectivity index (χ1v) is 6.89. The van der Waals surface area contributed by atoms with Crippen molar-refractivity contribution in [3.8, 4) is 0 Å². The number of thiazole rings is 1. The van der Waals surface area contributed by atoms with Gasteiger partial charge in [0.2, 0.25) is 0 Å². The van der Waals surface area contributed by atoms with E-state index in [1.165, 1.54) is 24.2 Å². The molecule has 0 atom stereocenters. The Labute approximate surface area is 106 Å². The van der Waals surface area contributed by atoms with Crippen LogP contribution in [-0.4, -0.2) is 24.1 Å². The summed E-state index contributed by atoms with van der Waals surface area (Å²) < 4.78 is 4.94. The van der Waals surface area contributed by atoms with E-state index in [9.17, 15) is 4.79 Å². The summed E-state index contributed by atoms with van der Waals surface area (Å²) in [5.74, 6) is -0.331. The Morgan fingerprint density at radius 3 is 2.82 bits per heavy atom. The summed E-state index contributed by atoms with van der Waals surface area (Å²) in [4.78, 5) is 16.7. The lowest BCUT2D eigenvalue weighted by molar-refractivity contribution is 0.0519. The fourth-order valence-corrected chi connectivity index (χ4v) is 2.26. The van der Waals surface area contributed by atoms with Crippen LogP contribution in [0.25, 0.3) is 0 Å². The number of esters is 1. The molecule has 96 valence electrons. The molecule has 5 heteroatoms. The minimum absolute atomic E-state index is 0.331. The lowest BCUT2D eigenvalue weighted by Gasteiger charge is -2.00. The minimum Gasteiger partial charge on any atom is -0.461 e. The Morgan fingerprint density at radius 1 is 1.41 bits per heavy atom. The number of nitrogens with zero attached hydrogens (tertiary/aromatic N) is 1. The summed E-state index contributed by atoms with van der Waals surface area (Å²) in [6.45, 7) is 7.15. The van der Waals surface area contributed by atoms with Crippen molar-refractivity contribution in [2.45, 2.75) is 40.0 Å². The number of aromatic nitrogens is 1. The molecule has 0 unspecified atom stereocenters. The Bertz CT molecular complexity index is 363. The molecular formula is C12H20N2O2S. The highest BCUT2D eigenvalue weighted by atomic mass is 32.1. The van der Waals surface area contributed by atoms with E-state index in [4.69, 9.17) is 4.74 Å². The van der Waals surface area contributed by atoms with Crippen LogP contribution in [0.15, 0.2) is 0 Å². The second-order valence-corrected chi connectivity index (χ2v) is 4.98. The van der Waals surface area contributed by atoms with Crippen LogP contribution < -0.4 is 5.32 Å². The summed E-state index contributed by atoms with van der Waals surface area (Å²) in [5.41, 5.74) is 0.440. The predicted molar refractivity (Wildman–Crippen MR) is 70.8 cm³/mol. The van der Waals surface area contributed by atoms with Crippen molar-refractivity contribution in [1.82, 2.24) is 4.98 Å². The zero-order valence-electron chi connectivity index (χ0n) is 10.7. The van der Waals surface area contributed by atoms with E-state index in [2.05, 4.69) is 17.2 Å². The van der Waals surface area contributed by atoms with Crippen molar-refractivity contribution >= 4 is 22.4 Å². The number of anilines is 1. The maximum atomic E-state index is 11.5. The summed E-state index contributed by atoms with van der Waals surface area (Å²) in [7, 11) is 0. The zero-order valence-corrected chi connectivity index (χ0v) is 11.5. The van der Waals surface area contributed by atoms with Crippen LogP contribution in [-0.2, 0) is 4.74 Å². The zero-order chi connectivity index (χ0) is 12.7. The van der Waals surface area contributed by atoms with Crippen LogP contribution in [0.1, 0.15) is 48.5 Å². The van der Waals surface area contributed by atoms with Crippen molar-refractivity contribution in [2.75, 3.05) is 18.5 Å². The van der Waals surface area contributed by atoms with Crippen LogP contribution in [0.5, 0.6) is 0 Å². The highest BCUT2D eigenvalue weighted by Gasteiger charge is 2.15.